The van der Waals surface area contributed by atoms with E-state index in [0.29, 0.717) is 0 Å². The number of hydrogen-bond acceptors (Lipinski definition) is 5. The molecule has 1 aromatic carbocycles. The van der Waals surface area contributed by atoms with Gasteiger partial charge in [-0.2, -0.15) is 0 Å². The van der Waals surface area contributed by atoms with Gasteiger partial charge in [-0.25, -0.2) is 9.97 Å². The van der Waals surface area contributed by atoms with Crippen LogP contribution in [-0.4, -0.2) is 42.8 Å². The molecule has 0 spiro atoms. The Morgan fingerprint density at radius 1 is 1.07 bits per heavy atom. The molecule has 5 heteroatoms. The van der Waals surface area contributed by atoms with Crippen LogP contribution in [0.3, 0.4) is 0 Å². The average molecular weight is 367 g/mol. The summed E-state index contributed by atoms with van der Waals surface area (Å²) in [7, 11) is 0. The molecule has 0 saturated carbocycles. The van der Waals surface area contributed by atoms with Gasteiger partial charge in [0.1, 0.15) is 18.0 Å². The van der Waals surface area contributed by atoms with Gasteiger partial charge in [-0.15, -0.1) is 0 Å². The lowest BCUT2D eigenvalue weighted by Crippen LogP contribution is -2.40. The minimum Gasteiger partial charge on any atom is -0.381 e. The molecule has 4 rings (SSSR count). The largest absolute Gasteiger partial charge is 0.381 e. The molecule has 0 aliphatic carbocycles. The number of aryl methyl sites for hydroxylation is 1. The number of ether oxygens (including phenoxy) is 1. The van der Waals surface area contributed by atoms with Crippen LogP contribution in [0.15, 0.2) is 36.7 Å². The first-order chi connectivity index (χ1) is 13.3. The zero-order chi connectivity index (χ0) is 18.5. The van der Waals surface area contributed by atoms with E-state index in [1.54, 1.807) is 6.33 Å². The van der Waals surface area contributed by atoms with Gasteiger partial charge >= 0.3 is 0 Å². The normalized spacial score (nSPS) is 19.7. The lowest BCUT2D eigenvalue weighted by molar-refractivity contribution is 0.0541. The van der Waals surface area contributed by atoms with Gasteiger partial charge in [-0.05, 0) is 50.2 Å². The summed E-state index contributed by atoms with van der Waals surface area (Å²) >= 11 is 0. The van der Waals surface area contributed by atoms with E-state index in [1.807, 2.05) is 0 Å². The number of hydrogen-bond donors (Lipinski definition) is 1. The van der Waals surface area contributed by atoms with E-state index < -0.39 is 0 Å². The molecule has 0 radical (unpaired) electrons. The molecular formula is C22H30N4O. The molecule has 2 aliphatic heterocycles. The molecule has 0 atom stereocenters. The Bertz CT molecular complexity index is 751. The van der Waals surface area contributed by atoms with Crippen LogP contribution in [0.25, 0.3) is 0 Å². The summed E-state index contributed by atoms with van der Waals surface area (Å²) in [5.41, 5.74) is 2.89. The monoisotopic (exact) mass is 366 g/mol. The molecule has 5 nitrogen and oxygen atoms in total. The first-order valence-corrected chi connectivity index (χ1v) is 10.2. The van der Waals surface area contributed by atoms with Crippen LogP contribution in [0.2, 0.25) is 0 Å². The highest BCUT2D eigenvalue weighted by atomic mass is 16.5. The highest BCUT2D eigenvalue weighted by Crippen LogP contribution is 2.37. The number of anilines is 2. The summed E-state index contributed by atoms with van der Waals surface area (Å²) < 4.78 is 5.68. The molecule has 0 bridgehead atoms. The SMILES string of the molecule is Cc1ccccc1C1(CNc2cc(N3CCCCC3)ncn2)CCOCC1. The highest BCUT2D eigenvalue weighted by molar-refractivity contribution is 5.49. The topological polar surface area (TPSA) is 50.3 Å². The predicted molar refractivity (Wildman–Crippen MR) is 109 cm³/mol. The molecular weight excluding hydrogens is 336 g/mol. The summed E-state index contributed by atoms with van der Waals surface area (Å²) in [6, 6.07) is 10.9. The number of benzene rings is 1. The predicted octanol–water partition coefficient (Wildman–Crippen LogP) is 3.94. The third-order valence-electron chi connectivity index (χ3n) is 6.11. The van der Waals surface area contributed by atoms with Crippen LogP contribution in [0.5, 0.6) is 0 Å². The van der Waals surface area contributed by atoms with Crippen molar-refractivity contribution in [3.63, 3.8) is 0 Å². The third kappa shape index (κ3) is 4.08. The molecule has 2 fully saturated rings. The van der Waals surface area contributed by atoms with Gasteiger partial charge in [0.2, 0.25) is 0 Å². The van der Waals surface area contributed by atoms with Crippen molar-refractivity contribution in [2.45, 2.75) is 44.4 Å². The van der Waals surface area contributed by atoms with Crippen LogP contribution < -0.4 is 10.2 Å². The van der Waals surface area contributed by atoms with Crippen molar-refractivity contribution in [3.05, 3.63) is 47.8 Å². The number of nitrogens with zero attached hydrogens (tertiary/aromatic N) is 3. The van der Waals surface area contributed by atoms with E-state index in [2.05, 4.69) is 57.4 Å². The van der Waals surface area contributed by atoms with Crippen molar-refractivity contribution in [1.82, 2.24) is 9.97 Å². The average Bonchev–Trinajstić information content (AvgIpc) is 2.74. The van der Waals surface area contributed by atoms with Gasteiger partial charge in [0.05, 0.1) is 0 Å². The Morgan fingerprint density at radius 2 is 1.85 bits per heavy atom. The lowest BCUT2D eigenvalue weighted by atomic mass is 9.72. The number of piperidine rings is 1. The molecule has 144 valence electrons. The molecule has 0 amide bonds. The summed E-state index contributed by atoms with van der Waals surface area (Å²) in [6.07, 6.45) is 7.60. The molecule has 3 heterocycles. The van der Waals surface area contributed by atoms with Crippen molar-refractivity contribution in [2.24, 2.45) is 0 Å². The minimum absolute atomic E-state index is 0.0971. The van der Waals surface area contributed by atoms with Crippen molar-refractivity contribution in [2.75, 3.05) is 43.1 Å². The Balaban J connectivity index is 1.52. The van der Waals surface area contributed by atoms with E-state index in [0.717, 1.165) is 57.3 Å². The Morgan fingerprint density at radius 3 is 2.63 bits per heavy atom. The quantitative estimate of drug-likeness (QED) is 0.869. The summed E-state index contributed by atoms with van der Waals surface area (Å²) in [5, 5.41) is 3.63. The van der Waals surface area contributed by atoms with Crippen LogP contribution in [0.4, 0.5) is 11.6 Å². The van der Waals surface area contributed by atoms with Crippen LogP contribution >= 0.6 is 0 Å². The maximum Gasteiger partial charge on any atom is 0.134 e. The van der Waals surface area contributed by atoms with E-state index in [1.165, 1.54) is 30.4 Å². The summed E-state index contributed by atoms with van der Waals surface area (Å²) in [5.74, 6) is 1.97. The number of aromatic nitrogens is 2. The fourth-order valence-electron chi connectivity index (χ4n) is 4.47. The maximum absolute atomic E-state index is 5.68. The first-order valence-electron chi connectivity index (χ1n) is 10.2. The van der Waals surface area contributed by atoms with E-state index in [9.17, 15) is 0 Å². The second kappa shape index (κ2) is 8.26. The first kappa shape index (κ1) is 18.2. The number of rotatable bonds is 5. The van der Waals surface area contributed by atoms with E-state index >= 15 is 0 Å². The van der Waals surface area contributed by atoms with Crippen molar-refractivity contribution in [1.29, 1.82) is 0 Å². The standard InChI is InChI=1S/C22H30N4O/c1-18-7-3-4-8-19(18)22(9-13-27-14-10-22)16-23-20-15-21(25-17-24-20)26-11-5-2-6-12-26/h3-4,7-8,15,17H,2,5-6,9-14,16H2,1H3,(H,23,24,25). The smallest absolute Gasteiger partial charge is 0.134 e. The Kier molecular flexibility index (Phi) is 5.58. The second-order valence-electron chi connectivity index (χ2n) is 7.87. The van der Waals surface area contributed by atoms with Crippen molar-refractivity contribution in [3.8, 4) is 0 Å². The zero-order valence-electron chi connectivity index (χ0n) is 16.3. The van der Waals surface area contributed by atoms with Crippen molar-refractivity contribution < 1.29 is 4.74 Å². The van der Waals surface area contributed by atoms with Crippen LogP contribution in [-0.2, 0) is 10.2 Å². The molecule has 27 heavy (non-hydrogen) atoms. The van der Waals surface area contributed by atoms with Crippen LogP contribution in [0.1, 0.15) is 43.2 Å². The van der Waals surface area contributed by atoms with Crippen LogP contribution in [0, 0.1) is 6.92 Å². The third-order valence-corrected chi connectivity index (χ3v) is 6.11. The van der Waals surface area contributed by atoms with Gasteiger partial charge in [0.25, 0.3) is 0 Å². The maximum atomic E-state index is 5.68. The molecule has 2 aromatic rings. The molecule has 0 unspecified atom stereocenters. The highest BCUT2D eigenvalue weighted by Gasteiger charge is 2.35. The Labute approximate surface area is 162 Å². The fraction of sp³-hybridized carbons (Fsp3) is 0.545. The summed E-state index contributed by atoms with van der Waals surface area (Å²) in [6.45, 7) is 6.92. The molecule has 2 aliphatic rings. The van der Waals surface area contributed by atoms with Gasteiger partial charge in [0, 0.05) is 44.3 Å². The van der Waals surface area contributed by atoms with E-state index in [-0.39, 0.29) is 5.41 Å². The van der Waals surface area contributed by atoms with Crippen molar-refractivity contribution >= 4 is 11.6 Å². The minimum atomic E-state index is 0.0971. The zero-order valence-corrected chi connectivity index (χ0v) is 16.3. The summed E-state index contributed by atoms with van der Waals surface area (Å²) in [4.78, 5) is 11.4. The van der Waals surface area contributed by atoms with Gasteiger partial charge in [-0.3, -0.25) is 0 Å². The molecule has 1 N–H and O–H groups in total. The lowest BCUT2D eigenvalue weighted by Gasteiger charge is -2.39. The molecule has 2 saturated heterocycles. The van der Waals surface area contributed by atoms with Gasteiger partial charge in [-0.1, -0.05) is 24.3 Å². The number of nitrogens with one attached hydrogen (secondary N) is 1. The van der Waals surface area contributed by atoms with Gasteiger partial charge in [0.15, 0.2) is 0 Å². The molecule has 1 aromatic heterocycles. The van der Waals surface area contributed by atoms with E-state index in [4.69, 9.17) is 4.74 Å². The second-order valence-corrected chi connectivity index (χ2v) is 7.87. The fourth-order valence-corrected chi connectivity index (χ4v) is 4.47. The van der Waals surface area contributed by atoms with Gasteiger partial charge < -0.3 is 15.0 Å². The Hall–Kier alpha value is -2.14.